The fourth-order valence-corrected chi connectivity index (χ4v) is 9.28. The van der Waals surface area contributed by atoms with Crippen molar-refractivity contribution >= 4 is 33.7 Å². The molecule has 3 aromatic rings. The van der Waals surface area contributed by atoms with E-state index in [9.17, 15) is 4.79 Å². The average molecular weight is 876 g/mol. The molecule has 0 bridgehead atoms. The largest absolute Gasteiger partial charge is 0.458 e. The van der Waals surface area contributed by atoms with Crippen molar-refractivity contribution in [3.05, 3.63) is 30.1 Å². The maximum absolute atomic E-state index is 13.3. The zero-order valence-corrected chi connectivity index (χ0v) is 41.9. The van der Waals surface area contributed by atoms with Gasteiger partial charge < -0.3 is 30.2 Å². The maximum atomic E-state index is 13.3. The normalized spacial score (nSPS) is 12.2. The minimum Gasteiger partial charge on any atom is -0.458 e. The number of aromatic nitrogens is 3. The number of benzene rings is 1. The van der Waals surface area contributed by atoms with Crippen molar-refractivity contribution in [2.24, 2.45) is 0 Å². The van der Waals surface area contributed by atoms with Crippen molar-refractivity contribution < 1.29 is 9.53 Å². The van der Waals surface area contributed by atoms with Crippen molar-refractivity contribution in [1.82, 2.24) is 29.7 Å². The number of carbonyl (C=O) groups is 1. The second-order valence-electron chi connectivity index (χ2n) is 19.4. The van der Waals surface area contributed by atoms with Crippen molar-refractivity contribution in [3.63, 3.8) is 0 Å². The summed E-state index contributed by atoms with van der Waals surface area (Å²) >= 11 is 0. The van der Waals surface area contributed by atoms with Crippen molar-refractivity contribution in [2.45, 2.75) is 234 Å². The summed E-state index contributed by atoms with van der Waals surface area (Å²) in [6.45, 7) is 22.0. The highest BCUT2D eigenvalue weighted by molar-refractivity contribution is 6.06. The first-order valence-electron chi connectivity index (χ1n) is 26.6. The molecule has 0 radical (unpaired) electrons. The van der Waals surface area contributed by atoms with Crippen LogP contribution in [0.25, 0.3) is 21.9 Å². The molecule has 0 spiro atoms. The second kappa shape index (κ2) is 33.7. The summed E-state index contributed by atoms with van der Waals surface area (Å²) in [5.74, 6) is 1.16. The number of carbonyl (C=O) groups excluding carboxylic acids is 1. The number of para-hydroxylation sites is 1. The van der Waals surface area contributed by atoms with Crippen LogP contribution >= 0.6 is 0 Å². The smallest absolute Gasteiger partial charge is 0.306 e. The zero-order valence-electron chi connectivity index (χ0n) is 41.9. The van der Waals surface area contributed by atoms with E-state index < -0.39 is 5.60 Å². The summed E-state index contributed by atoms with van der Waals surface area (Å²) in [5.41, 5.74) is 8.18. The number of pyridine rings is 1. The predicted octanol–water partition coefficient (Wildman–Crippen LogP) is 13.8. The molecule has 3 N–H and O–H groups in total. The van der Waals surface area contributed by atoms with E-state index in [4.69, 9.17) is 15.5 Å². The third kappa shape index (κ3) is 22.8. The number of rotatable bonds is 41. The van der Waals surface area contributed by atoms with Gasteiger partial charge in [0.1, 0.15) is 16.9 Å². The van der Waals surface area contributed by atoms with Crippen molar-refractivity contribution in [2.75, 3.05) is 51.5 Å². The van der Waals surface area contributed by atoms with E-state index in [1.165, 1.54) is 174 Å². The molecule has 0 saturated heterocycles. The Morgan fingerprint density at radius 3 is 1.65 bits per heavy atom. The molecule has 0 amide bonds. The van der Waals surface area contributed by atoms with E-state index >= 15 is 0 Å². The van der Waals surface area contributed by atoms with Gasteiger partial charge >= 0.3 is 5.97 Å². The van der Waals surface area contributed by atoms with Crippen LogP contribution in [0.15, 0.2) is 24.3 Å². The molecule has 63 heavy (non-hydrogen) atoms. The Morgan fingerprint density at radius 1 is 0.635 bits per heavy atom. The third-order valence-corrected chi connectivity index (χ3v) is 13.1. The van der Waals surface area contributed by atoms with Crippen LogP contribution in [0.2, 0.25) is 0 Å². The first-order valence-corrected chi connectivity index (χ1v) is 26.6. The number of unbranched alkanes of at least 4 members (excludes halogenated alkanes) is 22. The summed E-state index contributed by atoms with van der Waals surface area (Å²) in [6, 6.07) is 8.05. The quantitative estimate of drug-likeness (QED) is 0.0429. The van der Waals surface area contributed by atoms with Gasteiger partial charge in [-0.1, -0.05) is 181 Å². The number of nitrogen functional groups attached to an aromatic ring is 1. The fourth-order valence-electron chi connectivity index (χ4n) is 9.28. The van der Waals surface area contributed by atoms with E-state index in [0.717, 1.165) is 61.1 Å². The van der Waals surface area contributed by atoms with Crippen LogP contribution in [0.1, 0.15) is 221 Å². The number of imidazole rings is 1. The lowest BCUT2D eigenvalue weighted by atomic mass is 10.1. The molecule has 360 valence electrons. The van der Waals surface area contributed by atoms with Crippen molar-refractivity contribution in [1.29, 1.82) is 0 Å². The van der Waals surface area contributed by atoms with Crippen LogP contribution < -0.4 is 11.1 Å². The number of fused-ring (bicyclic) bond motifs is 3. The topological polar surface area (TPSA) is 102 Å². The highest BCUT2D eigenvalue weighted by Gasteiger charge is 2.27. The molecule has 2 heterocycles. The van der Waals surface area contributed by atoms with Gasteiger partial charge in [0.15, 0.2) is 5.82 Å². The Kier molecular flexibility index (Phi) is 29.2. The fraction of sp³-hybridized carbons (Fsp3) is 0.796. The summed E-state index contributed by atoms with van der Waals surface area (Å²) in [5, 5.41) is 4.42. The molecule has 9 nitrogen and oxygen atoms in total. The molecular weight excluding hydrogens is 779 g/mol. The zero-order chi connectivity index (χ0) is 45.4. The molecular formula is C54H97N7O2. The van der Waals surface area contributed by atoms with E-state index in [0.29, 0.717) is 30.8 Å². The Labute approximate surface area is 386 Å². The number of anilines is 1. The molecule has 0 unspecified atom stereocenters. The Morgan fingerprint density at radius 2 is 1.11 bits per heavy atom. The molecule has 0 aliphatic rings. The van der Waals surface area contributed by atoms with Gasteiger partial charge in [0.2, 0.25) is 0 Å². The van der Waals surface area contributed by atoms with E-state index in [-0.39, 0.29) is 5.97 Å². The van der Waals surface area contributed by atoms with Crippen LogP contribution in [-0.2, 0) is 22.6 Å². The number of esters is 1. The third-order valence-electron chi connectivity index (χ3n) is 13.1. The lowest BCUT2D eigenvalue weighted by molar-refractivity contribution is -0.157. The molecule has 0 atom stereocenters. The van der Waals surface area contributed by atoms with E-state index in [2.05, 4.69) is 58.4 Å². The maximum Gasteiger partial charge on any atom is 0.306 e. The van der Waals surface area contributed by atoms with Gasteiger partial charge in [-0.2, -0.15) is 0 Å². The molecule has 0 fully saturated rings. The van der Waals surface area contributed by atoms with Crippen LogP contribution in [0, 0.1) is 0 Å². The first kappa shape index (κ1) is 54.6. The summed E-state index contributed by atoms with van der Waals surface area (Å²) in [7, 11) is 0. The minimum atomic E-state index is -0.726. The number of nitrogens with zero attached hydrogens (tertiary/aromatic N) is 5. The lowest BCUT2D eigenvalue weighted by Crippen LogP contribution is -2.34. The predicted molar refractivity (Wildman–Crippen MR) is 272 cm³/mol. The number of nitrogens with one attached hydrogen (secondary N) is 1. The highest BCUT2D eigenvalue weighted by Crippen LogP contribution is 2.31. The Balaban J connectivity index is 1.43. The summed E-state index contributed by atoms with van der Waals surface area (Å²) < 4.78 is 8.37. The van der Waals surface area contributed by atoms with Crippen LogP contribution in [0.3, 0.4) is 0 Å². The standard InChI is InChI=1S/C54H97N7O2/c1-7-11-13-15-17-19-21-23-25-27-33-40-59(10-4)43-36-44-60(41-34-28-26-24-22-20-18-16-14-12-8-2)42-35-29-30-39-50(62)63-54(5,6)46-61-49(45-56-9-3)58-51-52(61)47-37-31-32-38-48(47)57-53(51)55/h31-32,37-38,56H,7-30,33-36,39-46H2,1-6H3,(H2,55,57). The molecule has 3 rings (SSSR count). The van der Waals surface area contributed by atoms with Gasteiger partial charge in [-0.3, -0.25) is 4.79 Å². The van der Waals surface area contributed by atoms with Crippen LogP contribution in [0.5, 0.6) is 0 Å². The Hall–Kier alpha value is -2.75. The SMILES string of the molecule is CCCCCCCCCCCCCN(CC)CCCN(CCCCCCCCCCCCC)CCCCCC(=O)OC(C)(C)Cn1c(CNCC)nc2c(N)nc3ccccc3c21. The van der Waals surface area contributed by atoms with E-state index in [1.807, 2.05) is 32.0 Å². The lowest BCUT2D eigenvalue weighted by Gasteiger charge is -2.27. The van der Waals surface area contributed by atoms with Crippen LogP contribution in [-0.4, -0.2) is 81.7 Å². The van der Waals surface area contributed by atoms with Gasteiger partial charge in [-0.25, -0.2) is 9.97 Å². The number of hydrogen-bond acceptors (Lipinski definition) is 8. The van der Waals surface area contributed by atoms with Gasteiger partial charge in [-0.15, -0.1) is 0 Å². The Bertz CT molecular complexity index is 1610. The summed E-state index contributed by atoms with van der Waals surface area (Å²) in [6.07, 6.45) is 35.4. The van der Waals surface area contributed by atoms with E-state index in [1.54, 1.807) is 0 Å². The number of hydrogen-bond donors (Lipinski definition) is 2. The molecule has 0 aliphatic heterocycles. The minimum absolute atomic E-state index is 0.126. The van der Waals surface area contributed by atoms with Crippen LogP contribution in [0.4, 0.5) is 5.82 Å². The molecule has 2 aromatic heterocycles. The van der Waals surface area contributed by atoms with Gasteiger partial charge in [0, 0.05) is 11.8 Å². The summed E-state index contributed by atoms with van der Waals surface area (Å²) in [4.78, 5) is 28.3. The molecule has 9 heteroatoms. The second-order valence-corrected chi connectivity index (χ2v) is 19.4. The van der Waals surface area contributed by atoms with Crippen molar-refractivity contribution in [3.8, 4) is 0 Å². The number of ether oxygens (including phenoxy) is 1. The molecule has 0 aliphatic carbocycles. The number of nitrogens with two attached hydrogens (primary N) is 1. The highest BCUT2D eigenvalue weighted by atomic mass is 16.6. The van der Waals surface area contributed by atoms with Gasteiger partial charge in [-0.05, 0) is 97.8 Å². The van der Waals surface area contributed by atoms with Gasteiger partial charge in [0.25, 0.3) is 0 Å². The molecule has 1 aromatic carbocycles. The molecule has 0 saturated carbocycles. The van der Waals surface area contributed by atoms with Gasteiger partial charge in [0.05, 0.1) is 24.1 Å². The monoisotopic (exact) mass is 876 g/mol. The first-order chi connectivity index (χ1) is 30.7. The average Bonchev–Trinajstić information content (AvgIpc) is 3.63.